The van der Waals surface area contributed by atoms with Crippen molar-refractivity contribution in [3.05, 3.63) is 83.9 Å². The number of carbonyl (C=O) groups excluding carboxylic acids is 2. The zero-order valence-corrected chi connectivity index (χ0v) is 26.8. The molecule has 0 heterocycles. The summed E-state index contributed by atoms with van der Waals surface area (Å²) in [5.41, 5.74) is 2.11. The van der Waals surface area contributed by atoms with Crippen molar-refractivity contribution in [3.63, 3.8) is 0 Å². The van der Waals surface area contributed by atoms with E-state index in [0.717, 1.165) is 47.5 Å². The van der Waals surface area contributed by atoms with Crippen molar-refractivity contribution in [3.8, 4) is 11.5 Å². The van der Waals surface area contributed by atoms with Crippen LogP contribution in [0, 0.1) is 6.92 Å². The lowest BCUT2D eigenvalue weighted by Crippen LogP contribution is -2.54. The molecule has 4 rings (SSSR count). The molecule has 0 radical (unpaired) electrons. The number of amides is 2. The van der Waals surface area contributed by atoms with Crippen LogP contribution >= 0.6 is 0 Å². The van der Waals surface area contributed by atoms with Crippen molar-refractivity contribution in [2.75, 3.05) is 25.1 Å². The van der Waals surface area contributed by atoms with E-state index in [2.05, 4.69) is 5.32 Å². The topological polar surface area (TPSA) is 105 Å². The Balaban J connectivity index is 1.74. The fraction of sp³-hybridized carbons (Fsp3) is 0.412. The van der Waals surface area contributed by atoms with Crippen LogP contribution in [0.25, 0.3) is 0 Å². The van der Waals surface area contributed by atoms with Crippen LogP contribution < -0.4 is 19.1 Å². The van der Waals surface area contributed by atoms with Crippen molar-refractivity contribution >= 4 is 27.5 Å². The van der Waals surface area contributed by atoms with Crippen LogP contribution in [-0.2, 0) is 26.2 Å². The van der Waals surface area contributed by atoms with Crippen molar-refractivity contribution in [2.24, 2.45) is 0 Å². The smallest absolute Gasteiger partial charge is 0.264 e. The van der Waals surface area contributed by atoms with Crippen LogP contribution in [0.2, 0.25) is 0 Å². The summed E-state index contributed by atoms with van der Waals surface area (Å²) in [7, 11) is -1.24. The first-order valence-electron chi connectivity index (χ1n) is 15.1. The summed E-state index contributed by atoms with van der Waals surface area (Å²) in [4.78, 5) is 29.6. The van der Waals surface area contributed by atoms with Crippen LogP contribution in [0.3, 0.4) is 0 Å². The van der Waals surface area contributed by atoms with Gasteiger partial charge in [-0.05, 0) is 56.0 Å². The van der Waals surface area contributed by atoms with Crippen molar-refractivity contribution in [1.82, 2.24) is 10.2 Å². The number of ether oxygens (including phenoxy) is 2. The third-order valence-electron chi connectivity index (χ3n) is 8.04. The Labute approximate surface area is 261 Å². The van der Waals surface area contributed by atoms with Gasteiger partial charge in [0, 0.05) is 18.7 Å². The Morgan fingerprint density at radius 2 is 1.61 bits per heavy atom. The normalized spacial score (nSPS) is 14.4. The first kappa shape index (κ1) is 32.9. The second-order valence-corrected chi connectivity index (χ2v) is 13.0. The summed E-state index contributed by atoms with van der Waals surface area (Å²) in [5.74, 6) is 0.0298. The number of carbonyl (C=O) groups is 2. The third-order valence-corrected chi connectivity index (χ3v) is 9.83. The summed E-state index contributed by atoms with van der Waals surface area (Å²) in [6, 6.07) is 19.7. The molecular weight excluding hydrogens is 578 g/mol. The molecule has 236 valence electrons. The Morgan fingerprint density at radius 3 is 2.25 bits per heavy atom. The third kappa shape index (κ3) is 7.91. The van der Waals surface area contributed by atoms with Crippen molar-refractivity contribution < 1.29 is 27.5 Å². The average Bonchev–Trinajstić information content (AvgIpc) is 3.04. The Morgan fingerprint density at radius 1 is 0.909 bits per heavy atom. The minimum atomic E-state index is -4.19. The molecule has 44 heavy (non-hydrogen) atoms. The van der Waals surface area contributed by atoms with E-state index in [1.165, 1.54) is 37.3 Å². The van der Waals surface area contributed by atoms with Gasteiger partial charge in [-0.25, -0.2) is 8.42 Å². The van der Waals surface area contributed by atoms with E-state index in [9.17, 15) is 18.0 Å². The van der Waals surface area contributed by atoms with Gasteiger partial charge in [0.25, 0.3) is 10.0 Å². The van der Waals surface area contributed by atoms with E-state index >= 15 is 0 Å². The number of sulfonamides is 1. The predicted molar refractivity (Wildman–Crippen MR) is 171 cm³/mol. The number of methoxy groups -OCH3 is 2. The Bertz CT molecular complexity index is 1520. The molecule has 0 aromatic heterocycles. The monoisotopic (exact) mass is 621 g/mol. The number of benzene rings is 3. The molecule has 1 aliphatic carbocycles. The molecule has 9 nitrogen and oxygen atoms in total. The van der Waals surface area contributed by atoms with Gasteiger partial charge in [-0.1, -0.05) is 74.2 Å². The van der Waals surface area contributed by atoms with E-state index in [1.807, 2.05) is 38.1 Å². The van der Waals surface area contributed by atoms with Crippen LogP contribution in [0.5, 0.6) is 11.5 Å². The Kier molecular flexibility index (Phi) is 11.3. The summed E-state index contributed by atoms with van der Waals surface area (Å²) in [5, 5.41) is 3.18. The predicted octanol–water partition coefficient (Wildman–Crippen LogP) is 5.46. The molecule has 1 saturated carbocycles. The number of hydrogen-bond acceptors (Lipinski definition) is 6. The zero-order chi connectivity index (χ0) is 31.7. The van der Waals surface area contributed by atoms with Gasteiger partial charge in [0.2, 0.25) is 11.8 Å². The Hall–Kier alpha value is -4.05. The number of nitrogens with one attached hydrogen (secondary N) is 1. The molecule has 0 bridgehead atoms. The van der Waals surface area contributed by atoms with E-state index in [0.29, 0.717) is 17.9 Å². The molecule has 10 heteroatoms. The standard InChI is InChI=1S/C34H43N3O6S/c1-5-30(34(39)35-27-15-8-6-9-16-27)36(23-26-14-12-13-25(2)21-26)33(38)24-37(44(40,41)29-17-10-7-11-18-29)28-19-20-31(42-3)32(22-28)43-4/h7,10-14,17-22,27,30H,5-6,8-9,15-16,23-24H2,1-4H3,(H,35,39). The van der Waals surface area contributed by atoms with Gasteiger partial charge in [-0.15, -0.1) is 0 Å². The first-order chi connectivity index (χ1) is 21.2. The second-order valence-electron chi connectivity index (χ2n) is 11.1. The molecule has 1 aliphatic rings. The number of aryl methyl sites for hydroxylation is 1. The summed E-state index contributed by atoms with van der Waals surface area (Å²) < 4.78 is 40.1. The van der Waals surface area contributed by atoms with Crippen molar-refractivity contribution in [2.45, 2.75) is 75.9 Å². The number of rotatable bonds is 13. The van der Waals surface area contributed by atoms with Gasteiger partial charge in [0.05, 0.1) is 24.8 Å². The molecular formula is C34H43N3O6S. The molecule has 1 fully saturated rings. The van der Waals surface area contributed by atoms with Crippen LogP contribution in [0.1, 0.15) is 56.6 Å². The molecule has 0 spiro atoms. The van der Waals surface area contributed by atoms with Gasteiger partial charge in [0.1, 0.15) is 12.6 Å². The fourth-order valence-corrected chi connectivity index (χ4v) is 7.13. The van der Waals surface area contributed by atoms with Crippen LogP contribution in [-0.4, -0.2) is 58.0 Å². The quantitative estimate of drug-likeness (QED) is 0.272. The molecule has 0 aliphatic heterocycles. The highest BCUT2D eigenvalue weighted by molar-refractivity contribution is 7.92. The van der Waals surface area contributed by atoms with Gasteiger partial charge in [-0.3, -0.25) is 13.9 Å². The first-order valence-corrected chi connectivity index (χ1v) is 16.6. The highest BCUT2D eigenvalue weighted by atomic mass is 32.2. The molecule has 2 amide bonds. The number of nitrogens with zero attached hydrogens (tertiary/aromatic N) is 2. The van der Waals surface area contributed by atoms with E-state index < -0.39 is 28.5 Å². The maximum absolute atomic E-state index is 14.4. The second kappa shape index (κ2) is 15.1. The lowest BCUT2D eigenvalue weighted by Gasteiger charge is -2.34. The minimum absolute atomic E-state index is 0.0369. The highest BCUT2D eigenvalue weighted by Crippen LogP contribution is 2.34. The van der Waals surface area contributed by atoms with E-state index in [-0.39, 0.29) is 29.1 Å². The average molecular weight is 622 g/mol. The van der Waals surface area contributed by atoms with Gasteiger partial charge in [-0.2, -0.15) is 0 Å². The largest absolute Gasteiger partial charge is 0.493 e. The van der Waals surface area contributed by atoms with Gasteiger partial charge < -0.3 is 19.7 Å². The number of hydrogen-bond donors (Lipinski definition) is 1. The molecule has 1 unspecified atom stereocenters. The molecule has 3 aromatic rings. The summed E-state index contributed by atoms with van der Waals surface area (Å²) >= 11 is 0. The van der Waals surface area contributed by atoms with E-state index in [1.54, 1.807) is 30.3 Å². The molecule has 3 aromatic carbocycles. The van der Waals surface area contributed by atoms with Crippen LogP contribution in [0.15, 0.2) is 77.7 Å². The maximum Gasteiger partial charge on any atom is 0.264 e. The maximum atomic E-state index is 14.4. The summed E-state index contributed by atoms with van der Waals surface area (Å²) in [6.45, 7) is 3.47. The van der Waals surface area contributed by atoms with Gasteiger partial charge >= 0.3 is 0 Å². The molecule has 1 atom stereocenters. The number of anilines is 1. The van der Waals surface area contributed by atoms with Gasteiger partial charge in [0.15, 0.2) is 11.5 Å². The summed E-state index contributed by atoms with van der Waals surface area (Å²) in [6.07, 6.45) is 5.48. The highest BCUT2D eigenvalue weighted by Gasteiger charge is 2.34. The molecule has 0 saturated heterocycles. The lowest BCUT2D eigenvalue weighted by atomic mass is 9.95. The van der Waals surface area contributed by atoms with Crippen molar-refractivity contribution in [1.29, 1.82) is 0 Å². The SMILES string of the molecule is CCC(C(=O)NC1CCCCC1)N(Cc1cccc(C)c1)C(=O)CN(c1ccc(OC)c(OC)c1)S(=O)(=O)c1ccccc1. The van der Waals surface area contributed by atoms with E-state index in [4.69, 9.17) is 9.47 Å². The lowest BCUT2D eigenvalue weighted by molar-refractivity contribution is -0.140. The van der Waals surface area contributed by atoms with Crippen LogP contribution in [0.4, 0.5) is 5.69 Å². The molecule has 1 N–H and O–H groups in total. The fourth-order valence-electron chi connectivity index (χ4n) is 5.70. The minimum Gasteiger partial charge on any atom is -0.493 e. The zero-order valence-electron chi connectivity index (χ0n) is 26.0.